The number of hydrazone groups is 1. The summed E-state index contributed by atoms with van der Waals surface area (Å²) in [5, 5.41) is 23.8. The molecule has 24 heavy (non-hydrogen) atoms. The molecule has 0 radical (unpaired) electrons. The van der Waals surface area contributed by atoms with Crippen LogP contribution >= 0.6 is 23.4 Å². The number of carbonyl (C=O) groups is 1. The number of amides is 1. The highest BCUT2D eigenvalue weighted by molar-refractivity contribution is 7.99. The Kier molecular flexibility index (Phi) is 6.52. The Bertz CT molecular complexity index is 748. The molecule has 1 amide bonds. The normalized spacial score (nSPS) is 11.3. The second-order valence-corrected chi connectivity index (χ2v) is 6.59. The molecule has 0 fully saturated rings. The van der Waals surface area contributed by atoms with Crippen LogP contribution in [0.2, 0.25) is 5.02 Å². The van der Waals surface area contributed by atoms with E-state index in [1.54, 1.807) is 30.8 Å². The maximum atomic E-state index is 11.8. The van der Waals surface area contributed by atoms with Crippen LogP contribution in [0.1, 0.15) is 18.9 Å². The van der Waals surface area contributed by atoms with E-state index in [1.165, 1.54) is 18.2 Å². The van der Waals surface area contributed by atoms with Gasteiger partial charge in [-0.15, -0.1) is 11.8 Å². The molecule has 2 aromatic rings. The Labute approximate surface area is 149 Å². The lowest BCUT2D eigenvalue weighted by molar-refractivity contribution is -0.120. The number of phenolic OH excluding ortho intramolecular Hbond substituents is 2. The first-order valence-corrected chi connectivity index (χ1v) is 8.56. The molecule has 0 aliphatic rings. The van der Waals surface area contributed by atoms with Gasteiger partial charge in [-0.05, 0) is 49.4 Å². The SMILES string of the molecule is C/C(=N/NC(=O)CCSc1ccc(Cl)cc1)c1cc(O)ccc1O. The average molecular weight is 365 g/mol. The summed E-state index contributed by atoms with van der Waals surface area (Å²) in [7, 11) is 0. The fraction of sp³-hybridized carbons (Fsp3) is 0.176. The molecule has 0 heterocycles. The molecule has 2 aromatic carbocycles. The van der Waals surface area contributed by atoms with Crippen molar-refractivity contribution in [3.8, 4) is 11.5 Å². The number of thioether (sulfide) groups is 1. The highest BCUT2D eigenvalue weighted by Gasteiger charge is 2.07. The highest BCUT2D eigenvalue weighted by Crippen LogP contribution is 2.23. The zero-order valence-corrected chi connectivity index (χ0v) is 14.6. The zero-order valence-electron chi connectivity index (χ0n) is 13.0. The van der Waals surface area contributed by atoms with Crippen molar-refractivity contribution in [2.24, 2.45) is 5.10 Å². The summed E-state index contributed by atoms with van der Waals surface area (Å²) >= 11 is 7.37. The summed E-state index contributed by atoms with van der Waals surface area (Å²) < 4.78 is 0. The molecular weight excluding hydrogens is 348 g/mol. The van der Waals surface area contributed by atoms with Crippen molar-refractivity contribution < 1.29 is 15.0 Å². The van der Waals surface area contributed by atoms with Crippen LogP contribution in [-0.4, -0.2) is 27.6 Å². The first-order valence-electron chi connectivity index (χ1n) is 7.19. The summed E-state index contributed by atoms with van der Waals surface area (Å²) in [4.78, 5) is 12.8. The van der Waals surface area contributed by atoms with Gasteiger partial charge in [-0.2, -0.15) is 5.10 Å². The highest BCUT2D eigenvalue weighted by atomic mass is 35.5. The summed E-state index contributed by atoms with van der Waals surface area (Å²) in [5.74, 6) is 0.388. The van der Waals surface area contributed by atoms with E-state index < -0.39 is 0 Å². The second kappa shape index (κ2) is 8.61. The third kappa shape index (κ3) is 5.47. The zero-order chi connectivity index (χ0) is 17.5. The predicted octanol–water partition coefficient (Wildman–Crippen LogP) is 3.77. The molecule has 126 valence electrons. The molecule has 0 saturated heterocycles. The predicted molar refractivity (Wildman–Crippen MR) is 96.9 cm³/mol. The Morgan fingerprint density at radius 3 is 2.62 bits per heavy atom. The lowest BCUT2D eigenvalue weighted by atomic mass is 10.1. The maximum Gasteiger partial charge on any atom is 0.240 e. The van der Waals surface area contributed by atoms with Crippen LogP contribution in [0, 0.1) is 0 Å². The molecular formula is C17H17ClN2O3S. The minimum absolute atomic E-state index is 0.0124. The van der Waals surface area contributed by atoms with E-state index in [-0.39, 0.29) is 17.4 Å². The van der Waals surface area contributed by atoms with Crippen molar-refractivity contribution in [3.63, 3.8) is 0 Å². The molecule has 7 heteroatoms. The topological polar surface area (TPSA) is 81.9 Å². The number of benzene rings is 2. The molecule has 0 atom stereocenters. The first-order chi connectivity index (χ1) is 11.5. The second-order valence-electron chi connectivity index (χ2n) is 4.99. The molecule has 0 spiro atoms. The van der Waals surface area contributed by atoms with Gasteiger partial charge in [-0.3, -0.25) is 4.79 Å². The molecule has 0 unspecified atom stereocenters. The summed E-state index contributed by atoms with van der Waals surface area (Å²) in [6.07, 6.45) is 0.302. The summed E-state index contributed by atoms with van der Waals surface area (Å²) in [6.45, 7) is 1.64. The number of phenols is 2. The quantitative estimate of drug-likeness (QED) is 0.315. The molecule has 0 bridgehead atoms. The van der Waals surface area contributed by atoms with E-state index in [4.69, 9.17) is 11.6 Å². The van der Waals surface area contributed by atoms with E-state index in [0.29, 0.717) is 28.5 Å². The fourth-order valence-corrected chi connectivity index (χ4v) is 2.85. The monoisotopic (exact) mass is 364 g/mol. The fourth-order valence-electron chi connectivity index (χ4n) is 1.87. The van der Waals surface area contributed by atoms with Gasteiger partial charge in [0.2, 0.25) is 5.91 Å². The van der Waals surface area contributed by atoms with Gasteiger partial charge in [0.05, 0.1) is 5.71 Å². The van der Waals surface area contributed by atoms with E-state index in [2.05, 4.69) is 10.5 Å². The number of nitrogens with zero attached hydrogens (tertiary/aromatic N) is 1. The number of rotatable bonds is 6. The molecule has 0 aromatic heterocycles. The van der Waals surface area contributed by atoms with Gasteiger partial charge in [0, 0.05) is 27.7 Å². The van der Waals surface area contributed by atoms with Crippen molar-refractivity contribution in [1.82, 2.24) is 5.43 Å². The Morgan fingerprint density at radius 1 is 1.21 bits per heavy atom. The van der Waals surface area contributed by atoms with Crippen LogP contribution in [0.5, 0.6) is 11.5 Å². The number of carbonyl (C=O) groups excluding carboxylic acids is 1. The molecule has 3 N–H and O–H groups in total. The van der Waals surface area contributed by atoms with Crippen molar-refractivity contribution in [1.29, 1.82) is 0 Å². The van der Waals surface area contributed by atoms with Gasteiger partial charge in [0.25, 0.3) is 0 Å². The van der Waals surface area contributed by atoms with E-state index in [1.807, 2.05) is 12.1 Å². The smallest absolute Gasteiger partial charge is 0.240 e. The minimum atomic E-state index is -0.226. The van der Waals surface area contributed by atoms with Crippen LogP contribution in [0.4, 0.5) is 0 Å². The first kappa shape index (κ1) is 18.2. The average Bonchev–Trinajstić information content (AvgIpc) is 2.56. The van der Waals surface area contributed by atoms with Gasteiger partial charge >= 0.3 is 0 Å². The number of aromatic hydroxyl groups is 2. The minimum Gasteiger partial charge on any atom is -0.508 e. The third-order valence-electron chi connectivity index (χ3n) is 3.13. The van der Waals surface area contributed by atoms with E-state index in [9.17, 15) is 15.0 Å². The number of halogens is 1. The van der Waals surface area contributed by atoms with Gasteiger partial charge in [-0.25, -0.2) is 5.43 Å². The Morgan fingerprint density at radius 2 is 1.92 bits per heavy atom. The maximum absolute atomic E-state index is 11.8. The van der Waals surface area contributed by atoms with Crippen LogP contribution in [0.15, 0.2) is 52.5 Å². The van der Waals surface area contributed by atoms with Crippen molar-refractivity contribution in [3.05, 3.63) is 53.1 Å². The van der Waals surface area contributed by atoms with Crippen molar-refractivity contribution >= 4 is 35.0 Å². The molecule has 0 aliphatic carbocycles. The molecule has 0 saturated carbocycles. The number of nitrogens with one attached hydrogen (secondary N) is 1. The van der Waals surface area contributed by atoms with Gasteiger partial charge in [0.15, 0.2) is 0 Å². The van der Waals surface area contributed by atoms with Crippen LogP contribution in [0.25, 0.3) is 0 Å². The molecule has 5 nitrogen and oxygen atoms in total. The Balaban J connectivity index is 1.83. The van der Waals surface area contributed by atoms with Crippen LogP contribution in [-0.2, 0) is 4.79 Å². The van der Waals surface area contributed by atoms with Gasteiger partial charge < -0.3 is 10.2 Å². The lowest BCUT2D eigenvalue weighted by Crippen LogP contribution is -2.19. The summed E-state index contributed by atoms with van der Waals surface area (Å²) in [6, 6.07) is 11.5. The van der Waals surface area contributed by atoms with Gasteiger partial charge in [-0.1, -0.05) is 11.6 Å². The largest absolute Gasteiger partial charge is 0.508 e. The molecule has 2 rings (SSSR count). The lowest BCUT2D eigenvalue weighted by Gasteiger charge is -2.06. The van der Waals surface area contributed by atoms with Crippen molar-refractivity contribution in [2.75, 3.05) is 5.75 Å². The third-order valence-corrected chi connectivity index (χ3v) is 4.40. The van der Waals surface area contributed by atoms with Gasteiger partial charge in [0.1, 0.15) is 11.5 Å². The summed E-state index contributed by atoms with van der Waals surface area (Å²) in [5.41, 5.74) is 3.22. The van der Waals surface area contributed by atoms with Crippen molar-refractivity contribution in [2.45, 2.75) is 18.2 Å². The number of hydrogen-bond acceptors (Lipinski definition) is 5. The van der Waals surface area contributed by atoms with Crippen LogP contribution < -0.4 is 5.43 Å². The van der Waals surface area contributed by atoms with E-state index in [0.717, 1.165) is 4.90 Å². The number of hydrogen-bond donors (Lipinski definition) is 3. The van der Waals surface area contributed by atoms with E-state index >= 15 is 0 Å². The van der Waals surface area contributed by atoms with Crippen LogP contribution in [0.3, 0.4) is 0 Å². The standard InChI is InChI=1S/C17H17ClN2O3S/c1-11(15-10-13(21)4-7-16(15)22)19-20-17(23)8-9-24-14-5-2-12(18)3-6-14/h2-7,10,21-22H,8-9H2,1H3,(H,20,23)/b19-11-. The molecule has 0 aliphatic heterocycles. The Hall–Kier alpha value is -2.18.